The van der Waals surface area contributed by atoms with Crippen LogP contribution in [0.5, 0.6) is 0 Å². The Balaban J connectivity index is 1.92. The maximum absolute atomic E-state index is 12.2. The second-order valence-electron chi connectivity index (χ2n) is 7.21. The molecule has 1 saturated heterocycles. The van der Waals surface area contributed by atoms with Crippen LogP contribution in [0, 0.1) is 5.92 Å². The van der Waals surface area contributed by atoms with E-state index in [4.69, 9.17) is 4.74 Å². The SMILES string of the molecule is COC(=O)c1ccc(CCN2C(=O)CC[C@@H]2/C=C/[C@@H](O)CC(C)C)cc1. The molecule has 2 rings (SSSR count). The third-order valence-corrected chi connectivity index (χ3v) is 4.66. The Labute approximate surface area is 155 Å². The van der Waals surface area contributed by atoms with E-state index in [1.54, 1.807) is 12.1 Å². The summed E-state index contributed by atoms with van der Waals surface area (Å²) >= 11 is 0. The van der Waals surface area contributed by atoms with Gasteiger partial charge in [-0.1, -0.05) is 38.1 Å². The summed E-state index contributed by atoms with van der Waals surface area (Å²) in [6, 6.07) is 7.33. The number of methoxy groups -OCH3 is 1. The van der Waals surface area contributed by atoms with Crippen molar-refractivity contribution in [2.24, 2.45) is 5.92 Å². The van der Waals surface area contributed by atoms with Crippen LogP contribution in [0.2, 0.25) is 0 Å². The lowest BCUT2D eigenvalue weighted by atomic mass is 10.0. The summed E-state index contributed by atoms with van der Waals surface area (Å²) in [6.07, 6.45) is 6.13. The summed E-state index contributed by atoms with van der Waals surface area (Å²) in [5, 5.41) is 10.0. The van der Waals surface area contributed by atoms with Gasteiger partial charge in [-0.05, 0) is 42.9 Å². The van der Waals surface area contributed by atoms with Crippen LogP contribution < -0.4 is 0 Å². The predicted molar refractivity (Wildman–Crippen MR) is 101 cm³/mol. The van der Waals surface area contributed by atoms with E-state index in [2.05, 4.69) is 13.8 Å². The summed E-state index contributed by atoms with van der Waals surface area (Å²) < 4.78 is 4.70. The highest BCUT2D eigenvalue weighted by Gasteiger charge is 2.28. The second kappa shape index (κ2) is 9.53. The molecule has 0 aromatic heterocycles. The van der Waals surface area contributed by atoms with Crippen molar-refractivity contribution >= 4 is 11.9 Å². The van der Waals surface area contributed by atoms with E-state index in [-0.39, 0.29) is 17.9 Å². The molecular weight excluding hydrogens is 330 g/mol. The number of aliphatic hydroxyl groups is 1. The van der Waals surface area contributed by atoms with Crippen LogP contribution in [0.3, 0.4) is 0 Å². The molecule has 0 aliphatic carbocycles. The quantitative estimate of drug-likeness (QED) is 0.572. The number of amides is 1. The molecule has 1 aliphatic rings. The van der Waals surface area contributed by atoms with Crippen molar-refractivity contribution in [1.29, 1.82) is 0 Å². The molecule has 1 N–H and O–H groups in total. The summed E-state index contributed by atoms with van der Waals surface area (Å²) in [4.78, 5) is 25.5. The lowest BCUT2D eigenvalue weighted by Gasteiger charge is -2.23. The lowest BCUT2D eigenvalue weighted by molar-refractivity contribution is -0.128. The van der Waals surface area contributed by atoms with E-state index in [0.717, 1.165) is 24.8 Å². The van der Waals surface area contributed by atoms with Gasteiger partial charge in [0.25, 0.3) is 0 Å². The highest BCUT2D eigenvalue weighted by Crippen LogP contribution is 2.21. The number of benzene rings is 1. The number of rotatable bonds is 8. The van der Waals surface area contributed by atoms with E-state index in [1.165, 1.54) is 7.11 Å². The molecule has 1 amide bonds. The van der Waals surface area contributed by atoms with E-state index in [0.29, 0.717) is 24.4 Å². The molecular formula is C21H29NO4. The summed E-state index contributed by atoms with van der Waals surface area (Å²) in [7, 11) is 1.36. The first-order valence-corrected chi connectivity index (χ1v) is 9.23. The number of esters is 1. The first kappa shape index (κ1) is 20.2. The highest BCUT2D eigenvalue weighted by molar-refractivity contribution is 5.89. The Bertz CT molecular complexity index is 636. The van der Waals surface area contributed by atoms with Gasteiger partial charge in [-0.3, -0.25) is 4.79 Å². The maximum Gasteiger partial charge on any atom is 0.337 e. The minimum absolute atomic E-state index is 0.0543. The molecule has 26 heavy (non-hydrogen) atoms. The van der Waals surface area contributed by atoms with Crippen LogP contribution in [-0.4, -0.2) is 47.7 Å². The van der Waals surface area contributed by atoms with Crippen molar-refractivity contribution in [1.82, 2.24) is 4.90 Å². The van der Waals surface area contributed by atoms with Crippen LogP contribution in [0.25, 0.3) is 0 Å². The standard InChI is InChI=1S/C21H29NO4/c1-15(2)14-19(23)10-8-18-9-11-20(24)22(18)13-12-16-4-6-17(7-5-16)21(25)26-3/h4-8,10,15,18-19,23H,9,11-14H2,1-3H3/b10-8+/t18-,19+/m0/s1. The van der Waals surface area contributed by atoms with Crippen molar-refractivity contribution in [3.05, 3.63) is 47.5 Å². The number of carbonyl (C=O) groups excluding carboxylic acids is 2. The average molecular weight is 359 g/mol. The molecule has 5 nitrogen and oxygen atoms in total. The van der Waals surface area contributed by atoms with Gasteiger partial charge in [0, 0.05) is 13.0 Å². The van der Waals surface area contributed by atoms with Crippen LogP contribution >= 0.6 is 0 Å². The molecule has 1 aromatic carbocycles. The van der Waals surface area contributed by atoms with Gasteiger partial charge in [0.15, 0.2) is 0 Å². The number of hydrogen-bond donors (Lipinski definition) is 1. The molecule has 0 bridgehead atoms. The van der Waals surface area contributed by atoms with Crippen molar-refractivity contribution in [3.63, 3.8) is 0 Å². The smallest absolute Gasteiger partial charge is 0.337 e. The van der Waals surface area contributed by atoms with Gasteiger partial charge >= 0.3 is 5.97 Å². The average Bonchev–Trinajstić information content (AvgIpc) is 2.97. The second-order valence-corrected chi connectivity index (χ2v) is 7.21. The van der Waals surface area contributed by atoms with Crippen LogP contribution in [0.1, 0.15) is 49.0 Å². The van der Waals surface area contributed by atoms with Crippen molar-refractivity contribution in [2.75, 3.05) is 13.7 Å². The van der Waals surface area contributed by atoms with Gasteiger partial charge in [0.2, 0.25) is 5.91 Å². The van der Waals surface area contributed by atoms with E-state index < -0.39 is 6.10 Å². The van der Waals surface area contributed by atoms with E-state index in [1.807, 2.05) is 29.2 Å². The van der Waals surface area contributed by atoms with Crippen molar-refractivity contribution in [3.8, 4) is 0 Å². The number of likely N-dealkylation sites (tertiary alicyclic amines) is 1. The van der Waals surface area contributed by atoms with Gasteiger partial charge in [-0.25, -0.2) is 4.79 Å². The molecule has 0 unspecified atom stereocenters. The monoisotopic (exact) mass is 359 g/mol. The number of aliphatic hydroxyl groups excluding tert-OH is 1. The lowest BCUT2D eigenvalue weighted by Crippen LogP contribution is -2.33. The highest BCUT2D eigenvalue weighted by atomic mass is 16.5. The zero-order chi connectivity index (χ0) is 19.1. The van der Waals surface area contributed by atoms with Gasteiger partial charge in [-0.15, -0.1) is 0 Å². The Morgan fingerprint density at radius 1 is 1.35 bits per heavy atom. The summed E-state index contributed by atoms with van der Waals surface area (Å²) in [5.74, 6) is 0.240. The first-order chi connectivity index (χ1) is 12.4. The molecule has 1 aromatic rings. The number of nitrogens with zero attached hydrogens (tertiary/aromatic N) is 1. The van der Waals surface area contributed by atoms with Crippen LogP contribution in [0.15, 0.2) is 36.4 Å². The molecule has 142 valence electrons. The Morgan fingerprint density at radius 3 is 2.65 bits per heavy atom. The molecule has 0 radical (unpaired) electrons. The van der Waals surface area contributed by atoms with Gasteiger partial charge in [-0.2, -0.15) is 0 Å². The molecule has 5 heteroatoms. The predicted octanol–water partition coefficient (Wildman–Crippen LogP) is 2.97. The largest absolute Gasteiger partial charge is 0.465 e. The van der Waals surface area contributed by atoms with Crippen LogP contribution in [-0.2, 0) is 16.0 Å². The van der Waals surface area contributed by atoms with Crippen molar-refractivity contribution < 1.29 is 19.4 Å². The topological polar surface area (TPSA) is 66.8 Å². The Morgan fingerprint density at radius 2 is 2.04 bits per heavy atom. The molecule has 0 spiro atoms. The van der Waals surface area contributed by atoms with Gasteiger partial charge in [0.1, 0.15) is 0 Å². The first-order valence-electron chi connectivity index (χ1n) is 9.23. The summed E-state index contributed by atoms with van der Waals surface area (Å²) in [5.41, 5.74) is 1.59. The third-order valence-electron chi connectivity index (χ3n) is 4.66. The van der Waals surface area contributed by atoms with E-state index in [9.17, 15) is 14.7 Å². The zero-order valence-electron chi connectivity index (χ0n) is 15.9. The third kappa shape index (κ3) is 5.70. The minimum atomic E-state index is -0.460. The summed E-state index contributed by atoms with van der Waals surface area (Å²) in [6.45, 7) is 4.79. The van der Waals surface area contributed by atoms with Gasteiger partial charge < -0.3 is 14.7 Å². The molecule has 2 atom stereocenters. The minimum Gasteiger partial charge on any atom is -0.465 e. The Hall–Kier alpha value is -2.14. The fourth-order valence-electron chi connectivity index (χ4n) is 3.24. The van der Waals surface area contributed by atoms with Crippen LogP contribution in [0.4, 0.5) is 0 Å². The normalized spacial score (nSPS) is 18.7. The zero-order valence-corrected chi connectivity index (χ0v) is 15.9. The number of carbonyl (C=O) groups is 2. The fourth-order valence-corrected chi connectivity index (χ4v) is 3.24. The maximum atomic E-state index is 12.2. The molecule has 0 saturated carbocycles. The number of ether oxygens (including phenoxy) is 1. The molecule has 1 aliphatic heterocycles. The number of hydrogen-bond acceptors (Lipinski definition) is 4. The van der Waals surface area contributed by atoms with E-state index >= 15 is 0 Å². The van der Waals surface area contributed by atoms with Crippen molar-refractivity contribution in [2.45, 2.75) is 51.7 Å². The Kier molecular flexibility index (Phi) is 7.39. The molecule has 1 fully saturated rings. The van der Waals surface area contributed by atoms with Gasteiger partial charge in [0.05, 0.1) is 24.8 Å². The fraction of sp³-hybridized carbons (Fsp3) is 0.524. The molecule has 1 heterocycles.